The molecule has 0 atom stereocenters. The average molecular weight is 244 g/mol. The molecule has 0 amide bonds. The Kier molecular flexibility index (Phi) is 5.07. The molecular formula is C11H17FO3Si. The average Bonchev–Trinajstić information content (AvgIpc) is 2.25. The first-order valence-electron chi connectivity index (χ1n) is 5.28. The molecule has 0 unspecified atom stereocenters. The zero-order chi connectivity index (χ0) is 12.0. The van der Waals surface area contributed by atoms with Gasteiger partial charge in [-0.1, -0.05) is 12.1 Å². The van der Waals surface area contributed by atoms with E-state index < -0.39 is 8.80 Å². The second-order valence-electron chi connectivity index (χ2n) is 3.78. The van der Waals surface area contributed by atoms with Crippen LogP contribution in [0.3, 0.4) is 0 Å². The predicted molar refractivity (Wildman–Crippen MR) is 61.3 cm³/mol. The van der Waals surface area contributed by atoms with Crippen molar-refractivity contribution < 1.29 is 18.4 Å². The fraction of sp³-hybridized carbons (Fsp3) is 0.455. The van der Waals surface area contributed by atoms with Crippen LogP contribution in [0.5, 0.6) is 0 Å². The molecule has 1 aromatic carbocycles. The summed E-state index contributed by atoms with van der Waals surface area (Å²) >= 11 is 0. The SMILES string of the molecule is CO[Si](O)(O)CCCCc1cccc(F)c1. The summed E-state index contributed by atoms with van der Waals surface area (Å²) < 4.78 is 17.4. The van der Waals surface area contributed by atoms with Crippen LogP contribution in [0, 0.1) is 5.82 Å². The Bertz CT molecular complexity index is 331. The molecular weight excluding hydrogens is 227 g/mol. The van der Waals surface area contributed by atoms with Crippen molar-refractivity contribution in [2.45, 2.75) is 25.3 Å². The van der Waals surface area contributed by atoms with E-state index in [1.165, 1.54) is 19.2 Å². The highest BCUT2D eigenvalue weighted by Gasteiger charge is 2.29. The summed E-state index contributed by atoms with van der Waals surface area (Å²) in [5.74, 6) is -0.234. The summed E-state index contributed by atoms with van der Waals surface area (Å²) in [5, 5.41) is 0. The second kappa shape index (κ2) is 6.10. The van der Waals surface area contributed by atoms with Crippen LogP contribution < -0.4 is 0 Å². The van der Waals surface area contributed by atoms with Crippen molar-refractivity contribution in [2.75, 3.05) is 7.11 Å². The molecule has 3 nitrogen and oxygen atoms in total. The van der Waals surface area contributed by atoms with Gasteiger partial charge in [-0.15, -0.1) is 0 Å². The van der Waals surface area contributed by atoms with Crippen molar-refractivity contribution in [1.29, 1.82) is 0 Å². The molecule has 2 N–H and O–H groups in total. The molecule has 0 aliphatic heterocycles. The molecule has 0 heterocycles. The zero-order valence-electron chi connectivity index (χ0n) is 9.32. The molecule has 1 aromatic rings. The third-order valence-electron chi connectivity index (χ3n) is 2.43. The Balaban J connectivity index is 2.26. The van der Waals surface area contributed by atoms with E-state index in [1.807, 2.05) is 6.07 Å². The molecule has 0 spiro atoms. The zero-order valence-corrected chi connectivity index (χ0v) is 10.3. The van der Waals surface area contributed by atoms with Gasteiger partial charge in [0.15, 0.2) is 0 Å². The van der Waals surface area contributed by atoms with Gasteiger partial charge in [0.2, 0.25) is 0 Å². The number of halogens is 1. The van der Waals surface area contributed by atoms with Crippen molar-refractivity contribution in [3.05, 3.63) is 35.6 Å². The first-order chi connectivity index (χ1) is 7.53. The molecule has 0 bridgehead atoms. The van der Waals surface area contributed by atoms with Gasteiger partial charge in [0.25, 0.3) is 0 Å². The van der Waals surface area contributed by atoms with E-state index in [-0.39, 0.29) is 5.82 Å². The lowest BCUT2D eigenvalue weighted by Gasteiger charge is -2.13. The molecule has 0 saturated heterocycles. The van der Waals surface area contributed by atoms with Gasteiger partial charge in [-0.05, 0) is 37.0 Å². The first kappa shape index (κ1) is 13.3. The normalized spacial score (nSPS) is 11.8. The summed E-state index contributed by atoms with van der Waals surface area (Å²) in [6.45, 7) is 0. The second-order valence-corrected chi connectivity index (χ2v) is 6.18. The summed E-state index contributed by atoms with van der Waals surface area (Å²) in [7, 11) is -2.10. The van der Waals surface area contributed by atoms with Crippen molar-refractivity contribution in [3.8, 4) is 0 Å². The summed E-state index contributed by atoms with van der Waals surface area (Å²) in [6.07, 6.45) is 2.21. The maximum Gasteiger partial charge on any atom is 0.495 e. The molecule has 5 heteroatoms. The van der Waals surface area contributed by atoms with Crippen LogP contribution in [0.15, 0.2) is 24.3 Å². The van der Waals surface area contributed by atoms with Crippen LogP contribution in [-0.4, -0.2) is 25.5 Å². The maximum atomic E-state index is 12.8. The van der Waals surface area contributed by atoms with Gasteiger partial charge in [-0.25, -0.2) is 4.39 Å². The Morgan fingerprint density at radius 1 is 1.31 bits per heavy atom. The van der Waals surface area contributed by atoms with Crippen molar-refractivity contribution in [3.63, 3.8) is 0 Å². The smallest absolute Gasteiger partial charge is 0.390 e. The van der Waals surface area contributed by atoms with Crippen molar-refractivity contribution in [1.82, 2.24) is 0 Å². The number of unbranched alkanes of at least 4 members (excludes halogenated alkanes) is 1. The van der Waals surface area contributed by atoms with Crippen LogP contribution >= 0.6 is 0 Å². The Morgan fingerprint density at radius 2 is 2.06 bits per heavy atom. The van der Waals surface area contributed by atoms with Gasteiger partial charge >= 0.3 is 8.80 Å². The van der Waals surface area contributed by atoms with Crippen LogP contribution in [0.4, 0.5) is 4.39 Å². The highest BCUT2D eigenvalue weighted by Crippen LogP contribution is 2.12. The molecule has 0 aromatic heterocycles. The highest BCUT2D eigenvalue weighted by atomic mass is 28.4. The van der Waals surface area contributed by atoms with Crippen LogP contribution in [0.1, 0.15) is 18.4 Å². The van der Waals surface area contributed by atoms with Crippen molar-refractivity contribution in [2.24, 2.45) is 0 Å². The number of hydrogen-bond acceptors (Lipinski definition) is 3. The van der Waals surface area contributed by atoms with Gasteiger partial charge in [0.1, 0.15) is 5.82 Å². The van der Waals surface area contributed by atoms with Gasteiger partial charge in [0, 0.05) is 13.2 Å². The lowest BCUT2D eigenvalue weighted by Crippen LogP contribution is -2.37. The fourth-order valence-corrected chi connectivity index (χ4v) is 2.39. The molecule has 16 heavy (non-hydrogen) atoms. The highest BCUT2D eigenvalue weighted by molar-refractivity contribution is 6.57. The Morgan fingerprint density at radius 3 is 2.69 bits per heavy atom. The molecule has 1 rings (SSSR count). The summed E-state index contributed by atoms with van der Waals surface area (Å²) in [4.78, 5) is 18.6. The quantitative estimate of drug-likeness (QED) is 0.592. The lowest BCUT2D eigenvalue weighted by atomic mass is 10.1. The van der Waals surface area contributed by atoms with E-state index in [0.717, 1.165) is 18.4 Å². The third kappa shape index (κ3) is 4.85. The van der Waals surface area contributed by atoms with Gasteiger partial charge in [-0.2, -0.15) is 0 Å². The van der Waals surface area contributed by atoms with E-state index in [1.54, 1.807) is 6.07 Å². The number of aryl methyl sites for hydroxylation is 1. The molecule has 0 aliphatic carbocycles. The van der Waals surface area contributed by atoms with Crippen LogP contribution in [0.2, 0.25) is 6.04 Å². The minimum atomic E-state index is -3.40. The van der Waals surface area contributed by atoms with Gasteiger partial charge < -0.3 is 14.0 Å². The van der Waals surface area contributed by atoms with Gasteiger partial charge in [0.05, 0.1) is 0 Å². The van der Waals surface area contributed by atoms with Crippen molar-refractivity contribution >= 4 is 8.80 Å². The standard InChI is InChI=1S/C11H17FO3Si/c1-15-16(13,14)8-3-2-5-10-6-4-7-11(12)9-10/h4,6-7,9,13-14H,2-3,5,8H2,1H3. The number of benzene rings is 1. The summed E-state index contributed by atoms with van der Waals surface area (Å²) in [6, 6.07) is 6.74. The largest absolute Gasteiger partial charge is 0.495 e. The van der Waals surface area contributed by atoms with E-state index in [2.05, 4.69) is 4.43 Å². The maximum absolute atomic E-state index is 12.8. The molecule has 0 saturated carbocycles. The minimum Gasteiger partial charge on any atom is -0.390 e. The molecule has 0 radical (unpaired) electrons. The van der Waals surface area contributed by atoms with Gasteiger partial charge in [-0.3, -0.25) is 0 Å². The Labute approximate surface area is 95.9 Å². The first-order valence-corrected chi connectivity index (χ1v) is 7.29. The van der Waals surface area contributed by atoms with E-state index >= 15 is 0 Å². The van der Waals surface area contributed by atoms with E-state index in [4.69, 9.17) is 0 Å². The molecule has 0 aliphatic rings. The third-order valence-corrected chi connectivity index (χ3v) is 4.09. The molecule has 90 valence electrons. The topological polar surface area (TPSA) is 49.7 Å². The monoisotopic (exact) mass is 244 g/mol. The van der Waals surface area contributed by atoms with Crippen LogP contribution in [-0.2, 0) is 10.8 Å². The summed E-state index contributed by atoms with van der Waals surface area (Å²) in [5.41, 5.74) is 0.931. The Hall–Kier alpha value is -0.753. The lowest BCUT2D eigenvalue weighted by molar-refractivity contribution is 0.183. The number of hydrogen-bond donors (Lipinski definition) is 2. The molecule has 0 fully saturated rings. The minimum absolute atomic E-state index is 0.234. The fourth-order valence-electron chi connectivity index (χ4n) is 1.48. The number of rotatable bonds is 6. The van der Waals surface area contributed by atoms with E-state index in [9.17, 15) is 14.0 Å². The predicted octanol–water partition coefficient (Wildman–Crippen LogP) is 1.72. The van der Waals surface area contributed by atoms with Crippen LogP contribution in [0.25, 0.3) is 0 Å². The van der Waals surface area contributed by atoms with E-state index in [0.29, 0.717) is 12.5 Å².